The van der Waals surface area contributed by atoms with Crippen molar-refractivity contribution in [3.8, 4) is 0 Å². The number of rotatable bonds is 16. The van der Waals surface area contributed by atoms with Crippen LogP contribution < -0.4 is 0 Å². The maximum atomic E-state index is 12.7. The minimum Gasteiger partial charge on any atom is -0.384 e. The van der Waals surface area contributed by atoms with Crippen molar-refractivity contribution in [1.82, 2.24) is 79.7 Å². The summed E-state index contributed by atoms with van der Waals surface area (Å²) >= 11 is 5.72. The molecule has 18 nitrogen and oxygen atoms in total. The van der Waals surface area contributed by atoms with E-state index in [1.165, 1.54) is 48.3 Å². The minimum atomic E-state index is -0.903. The second-order valence-corrected chi connectivity index (χ2v) is 20.3. The van der Waals surface area contributed by atoms with E-state index >= 15 is 0 Å². The molecule has 72 heavy (non-hydrogen) atoms. The van der Waals surface area contributed by atoms with E-state index in [0.717, 1.165) is 35.1 Å². The molecule has 0 aliphatic heterocycles. The Hall–Kier alpha value is -6.32. The molecule has 0 spiro atoms. The quantitative estimate of drug-likeness (QED) is 0.0522. The van der Waals surface area contributed by atoms with E-state index in [2.05, 4.69) is 93.6 Å². The Bertz CT molecular complexity index is 2360. The molecule has 26 heteroatoms. The first-order valence-corrected chi connectivity index (χ1v) is 25.2. The smallest absolute Gasteiger partial charge is 0.187 e. The third kappa shape index (κ3) is 19.4. The summed E-state index contributed by atoms with van der Waals surface area (Å²) in [5, 5.41) is 22.5. The lowest BCUT2D eigenvalue weighted by Crippen LogP contribution is -2.15. The highest BCUT2D eigenvalue weighted by Gasteiger charge is 2.23. The highest BCUT2D eigenvalue weighted by Crippen LogP contribution is 2.32. The second kappa shape index (κ2) is 29.9. The van der Waals surface area contributed by atoms with Crippen molar-refractivity contribution in [2.24, 2.45) is 0 Å². The average Bonchev–Trinajstić information content (AvgIpc) is 3.40. The van der Waals surface area contributed by atoms with Crippen LogP contribution in [0, 0.1) is 23.3 Å². The van der Waals surface area contributed by atoms with E-state index in [1.807, 2.05) is 13.8 Å². The summed E-state index contributed by atoms with van der Waals surface area (Å²) in [6.07, 6.45) is 20.4. The maximum absolute atomic E-state index is 12.7. The molecule has 8 atom stereocenters. The number of halogens is 4. The Morgan fingerprint density at radius 1 is 0.306 bits per heavy atom. The van der Waals surface area contributed by atoms with Gasteiger partial charge in [0.25, 0.3) is 0 Å². The Morgan fingerprint density at radius 3 is 0.722 bits per heavy atom. The summed E-state index contributed by atoms with van der Waals surface area (Å²) in [6, 6.07) is 6.99. The van der Waals surface area contributed by atoms with Gasteiger partial charge in [-0.3, -0.25) is 0 Å². The number of aromatic nitrogens is 16. The molecule has 0 unspecified atom stereocenters. The van der Waals surface area contributed by atoms with Crippen LogP contribution in [-0.2, 0) is 0 Å². The first kappa shape index (κ1) is 56.6. The number of nitrogens with zero attached hydrogens (tertiary/aromatic N) is 16. The molecule has 0 aliphatic rings. The van der Waals surface area contributed by atoms with Gasteiger partial charge >= 0.3 is 0 Å². The van der Waals surface area contributed by atoms with Crippen molar-refractivity contribution in [2.75, 3.05) is 0 Å². The van der Waals surface area contributed by atoms with Gasteiger partial charge in [0.15, 0.2) is 55.5 Å². The molecule has 0 radical (unpaired) electrons. The normalized spacial score (nSPS) is 14.2. The van der Waals surface area contributed by atoms with Crippen molar-refractivity contribution >= 4 is 47.0 Å². The van der Waals surface area contributed by atoms with Crippen LogP contribution in [0.4, 0.5) is 17.6 Å². The fourth-order valence-corrected chi connectivity index (χ4v) is 8.74. The number of thioether (sulfide) groups is 4. The summed E-state index contributed by atoms with van der Waals surface area (Å²) in [6.45, 7) is 11.7. The standard InChI is InChI=1S/2C12H13FN4S.2C11H11FN4OS/c2*1-8(11-16-6-10(13)7-17-11)9(2)18-12-14-4-3-5-15-12;2*1-7(18-11-13-3-2-4-14-11)9(17)10-15-5-8(12)6-16-10/h2*3-9H,1-2H3;2*2-7,9,17H,1H3/t2*8-,9+;2*7-,9+/m1010/s1. The van der Waals surface area contributed by atoms with Crippen LogP contribution in [0.1, 0.15) is 88.9 Å². The third-order valence-corrected chi connectivity index (χ3v) is 14.0. The van der Waals surface area contributed by atoms with Gasteiger partial charge in [0.05, 0.1) is 49.6 Å². The second-order valence-electron chi connectivity index (χ2n) is 14.9. The largest absolute Gasteiger partial charge is 0.384 e. The van der Waals surface area contributed by atoms with Crippen LogP contribution in [0.25, 0.3) is 0 Å². The lowest BCUT2D eigenvalue weighted by Gasteiger charge is -2.16. The zero-order valence-corrected chi connectivity index (χ0v) is 42.6. The van der Waals surface area contributed by atoms with E-state index in [1.54, 1.807) is 111 Å². The van der Waals surface area contributed by atoms with Crippen LogP contribution >= 0.6 is 47.0 Å². The lowest BCUT2D eigenvalue weighted by atomic mass is 10.1. The van der Waals surface area contributed by atoms with E-state index in [-0.39, 0.29) is 44.5 Å². The van der Waals surface area contributed by atoms with Crippen molar-refractivity contribution in [2.45, 2.75) is 107 Å². The number of hydrogen-bond acceptors (Lipinski definition) is 22. The Morgan fingerprint density at radius 2 is 0.500 bits per heavy atom. The predicted octanol–water partition coefficient (Wildman–Crippen LogP) is 8.62. The molecule has 8 heterocycles. The lowest BCUT2D eigenvalue weighted by molar-refractivity contribution is 0.168. The summed E-state index contributed by atoms with van der Waals surface area (Å²) < 4.78 is 50.8. The summed E-state index contributed by atoms with van der Waals surface area (Å²) in [4.78, 5) is 63.8. The van der Waals surface area contributed by atoms with Gasteiger partial charge in [-0.05, 0) is 38.1 Å². The number of aliphatic hydroxyl groups is 2. The zero-order valence-electron chi connectivity index (χ0n) is 39.4. The van der Waals surface area contributed by atoms with Crippen LogP contribution in [0.5, 0.6) is 0 Å². The molecular weight excluding hydrogens is 1010 g/mol. The summed E-state index contributed by atoms with van der Waals surface area (Å²) in [7, 11) is 0. The summed E-state index contributed by atoms with van der Waals surface area (Å²) in [5.41, 5.74) is 0. The first-order chi connectivity index (χ1) is 34.7. The minimum absolute atomic E-state index is 0.0967. The molecule has 8 aromatic heterocycles. The molecule has 0 aromatic carbocycles. The van der Waals surface area contributed by atoms with E-state index in [9.17, 15) is 27.8 Å². The number of hydrogen-bond donors (Lipinski definition) is 2. The Kier molecular flexibility index (Phi) is 23.5. The molecule has 8 aromatic rings. The molecule has 0 saturated heterocycles. The van der Waals surface area contributed by atoms with Gasteiger partial charge in [-0.1, -0.05) is 74.7 Å². The fourth-order valence-electron chi connectivity index (χ4n) is 5.29. The Labute approximate surface area is 429 Å². The van der Waals surface area contributed by atoms with E-state index in [0.29, 0.717) is 22.0 Å². The van der Waals surface area contributed by atoms with E-state index < -0.39 is 35.5 Å². The van der Waals surface area contributed by atoms with Gasteiger partial charge in [-0.25, -0.2) is 97.3 Å². The van der Waals surface area contributed by atoms with E-state index in [4.69, 9.17) is 0 Å². The van der Waals surface area contributed by atoms with Crippen molar-refractivity contribution in [3.05, 3.63) is 170 Å². The first-order valence-electron chi connectivity index (χ1n) is 21.7. The van der Waals surface area contributed by atoms with Gasteiger partial charge in [0.2, 0.25) is 0 Å². The molecule has 0 bridgehead atoms. The van der Waals surface area contributed by atoms with Crippen LogP contribution in [-0.4, -0.2) is 111 Å². The maximum Gasteiger partial charge on any atom is 0.187 e. The molecule has 8 rings (SSSR count). The fraction of sp³-hybridized carbons (Fsp3) is 0.304. The van der Waals surface area contributed by atoms with Crippen LogP contribution in [0.2, 0.25) is 0 Å². The highest BCUT2D eigenvalue weighted by atomic mass is 32.2. The molecule has 0 fully saturated rings. The van der Waals surface area contributed by atoms with Crippen molar-refractivity contribution in [3.63, 3.8) is 0 Å². The molecule has 376 valence electrons. The van der Waals surface area contributed by atoms with Gasteiger partial charge < -0.3 is 10.2 Å². The van der Waals surface area contributed by atoms with Crippen LogP contribution in [0.3, 0.4) is 0 Å². The molecule has 0 saturated carbocycles. The van der Waals surface area contributed by atoms with Gasteiger partial charge in [0, 0.05) is 82.4 Å². The highest BCUT2D eigenvalue weighted by molar-refractivity contribution is 8.00. The molecular formula is C46H48F4N16O2S4. The predicted molar refractivity (Wildman–Crippen MR) is 264 cm³/mol. The van der Waals surface area contributed by atoms with Gasteiger partial charge in [0.1, 0.15) is 23.9 Å². The molecule has 0 amide bonds. The SMILES string of the molecule is C[C@@H](Sc1ncccn1)[C@H](O)c1ncc(F)cn1.C[C@H](Sc1ncccn1)[C@@H](C)c1ncc(F)cn1.C[C@H](Sc1ncccn1)[C@@H](O)c1ncc(F)cn1.C[C@H](c1ncc(F)cn1)[C@@H](C)Sc1ncccn1. The molecule has 0 aliphatic carbocycles. The van der Waals surface area contributed by atoms with Gasteiger partial charge in [-0.15, -0.1) is 0 Å². The Balaban J connectivity index is 0.000000178. The number of aliphatic hydroxyl groups excluding tert-OH is 2. The zero-order chi connectivity index (χ0) is 51.8. The van der Waals surface area contributed by atoms with Gasteiger partial charge in [-0.2, -0.15) is 0 Å². The van der Waals surface area contributed by atoms with Crippen molar-refractivity contribution < 1.29 is 27.8 Å². The van der Waals surface area contributed by atoms with Crippen molar-refractivity contribution in [1.29, 1.82) is 0 Å². The van der Waals surface area contributed by atoms with Crippen LogP contribution in [0.15, 0.2) is 144 Å². The molecule has 2 N–H and O–H groups in total. The average molecular weight is 1060 g/mol. The monoisotopic (exact) mass is 1060 g/mol. The third-order valence-electron chi connectivity index (χ3n) is 9.54. The topological polar surface area (TPSA) is 247 Å². The summed E-state index contributed by atoms with van der Waals surface area (Å²) in [5.74, 6) is -0.0660.